The summed E-state index contributed by atoms with van der Waals surface area (Å²) in [6.45, 7) is 9.52. The van der Waals surface area contributed by atoms with Crippen molar-refractivity contribution in [1.29, 1.82) is 0 Å². The molecule has 0 spiro atoms. The van der Waals surface area contributed by atoms with Gasteiger partial charge >= 0.3 is 11.9 Å². The van der Waals surface area contributed by atoms with E-state index in [9.17, 15) is 44.4 Å². The minimum absolute atomic E-state index is 0.0203. The minimum atomic E-state index is -3.24. The number of piperazine rings is 3. The van der Waals surface area contributed by atoms with Gasteiger partial charge in [0.1, 0.15) is 22.1 Å². The summed E-state index contributed by atoms with van der Waals surface area (Å²) in [7, 11) is -8.37. The van der Waals surface area contributed by atoms with Gasteiger partial charge in [-0.3, -0.25) is 9.59 Å². The van der Waals surface area contributed by atoms with Gasteiger partial charge in [0.25, 0.3) is 11.8 Å². The Morgan fingerprint density at radius 1 is 0.543 bits per heavy atom. The fraction of sp³-hybridized carbons (Fsp3) is 0.370. The Bertz CT molecular complexity index is 4070. The SMILES string of the molecule is CCS(=O)(=O)N1CCN(c2cnc(N)c(-c3nnc(-c4ccccc4)o3)n2)CC1.CCS(=O)(=O)N1CCN(c2cnc(N)c(C(=O)NCC(=O)c3ccccc3)n2)CC1.CCS(=O)(=O)N1CCN(c2cnc(N)c(C(=O)O)n2)CC1.COC(=O)c1nc(Br)cnc1N. The molecule has 0 bridgehead atoms. The van der Waals surface area contributed by atoms with E-state index in [0.717, 1.165) is 5.56 Å². The smallest absolute Gasteiger partial charge is 0.360 e. The van der Waals surface area contributed by atoms with Crippen molar-refractivity contribution >= 4 is 110 Å². The number of nitrogen functional groups attached to an aromatic ring is 4. The summed E-state index contributed by atoms with van der Waals surface area (Å²) >= 11 is 3.06. The van der Waals surface area contributed by atoms with Gasteiger partial charge in [0.15, 0.2) is 51.8 Å². The number of aromatic carboxylic acids is 1. The lowest BCUT2D eigenvalue weighted by Gasteiger charge is -2.34. The van der Waals surface area contributed by atoms with E-state index >= 15 is 0 Å². The number of ether oxygens (including phenoxy) is 1. The van der Waals surface area contributed by atoms with E-state index in [4.69, 9.17) is 32.5 Å². The van der Waals surface area contributed by atoms with Crippen LogP contribution in [-0.2, 0) is 34.8 Å². The Balaban J connectivity index is 0.000000182. The lowest BCUT2D eigenvalue weighted by molar-refractivity contribution is 0.0593. The number of halogens is 1. The maximum absolute atomic E-state index is 12.5. The number of Topliss-reactive ketones (excluding diaryl/α,β-unsaturated/α-hetero) is 1. The molecule has 8 heterocycles. The summed E-state index contributed by atoms with van der Waals surface area (Å²) < 4.78 is 86.6. The van der Waals surface area contributed by atoms with Crippen LogP contribution in [0, 0.1) is 0 Å². The van der Waals surface area contributed by atoms with Crippen LogP contribution in [0.1, 0.15) is 62.6 Å². The van der Waals surface area contributed by atoms with Crippen LogP contribution in [-0.4, -0.2) is 226 Å². The molecule has 0 radical (unpaired) electrons. The van der Waals surface area contributed by atoms with E-state index in [1.54, 1.807) is 62.2 Å². The molecule has 3 fully saturated rings. The molecule has 92 heavy (non-hydrogen) atoms. The number of nitrogens with zero attached hydrogens (tertiary/aromatic N) is 16. The van der Waals surface area contributed by atoms with E-state index in [1.807, 2.05) is 40.1 Å². The van der Waals surface area contributed by atoms with Crippen molar-refractivity contribution in [3.05, 3.63) is 113 Å². The number of amides is 1. The van der Waals surface area contributed by atoms with Crippen LogP contribution < -0.4 is 43.0 Å². The molecular weight excluding hydrogens is 1330 g/mol. The van der Waals surface area contributed by atoms with Crippen molar-refractivity contribution in [1.82, 2.24) is 68.3 Å². The zero-order chi connectivity index (χ0) is 66.9. The second-order valence-electron chi connectivity index (χ2n) is 19.7. The molecule has 10 N–H and O–H groups in total. The molecule has 7 aromatic rings. The molecule has 38 heteroatoms. The number of carbonyl (C=O) groups is 4. The number of ketones is 1. The monoisotopic (exact) mass is 1390 g/mol. The average Bonchev–Trinajstić information content (AvgIpc) is 1.30. The topological polar surface area (TPSA) is 478 Å². The van der Waals surface area contributed by atoms with Gasteiger partial charge in [-0.25, -0.2) is 74.7 Å². The summed E-state index contributed by atoms with van der Waals surface area (Å²) in [5.41, 5.74) is 23.9. The van der Waals surface area contributed by atoms with Crippen LogP contribution in [0.25, 0.3) is 23.0 Å². The van der Waals surface area contributed by atoms with E-state index in [-0.39, 0.29) is 75.8 Å². The van der Waals surface area contributed by atoms with Gasteiger partial charge < -0.3 is 57.2 Å². The molecule has 0 saturated carbocycles. The van der Waals surface area contributed by atoms with Crippen molar-refractivity contribution in [3.63, 3.8) is 0 Å². The zero-order valence-electron chi connectivity index (χ0n) is 50.3. The summed E-state index contributed by atoms with van der Waals surface area (Å²) in [6.07, 6.45) is 5.82. The molecule has 3 aliphatic heterocycles. The number of nitrogens with two attached hydrogens (primary N) is 4. The van der Waals surface area contributed by atoms with Crippen molar-refractivity contribution in [3.8, 4) is 23.0 Å². The first kappa shape index (κ1) is 70.3. The van der Waals surface area contributed by atoms with Crippen molar-refractivity contribution in [2.75, 3.05) is 147 Å². The predicted molar refractivity (Wildman–Crippen MR) is 343 cm³/mol. The Labute approximate surface area is 538 Å². The van der Waals surface area contributed by atoms with Crippen LogP contribution in [0.3, 0.4) is 0 Å². The van der Waals surface area contributed by atoms with Gasteiger partial charge in [-0.05, 0) is 48.8 Å². The highest BCUT2D eigenvalue weighted by Gasteiger charge is 2.31. The fourth-order valence-corrected chi connectivity index (χ4v) is 12.4. The van der Waals surface area contributed by atoms with Crippen molar-refractivity contribution in [2.24, 2.45) is 0 Å². The third-order valence-corrected chi connectivity index (χ3v) is 20.1. The number of carboxylic acids is 1. The quantitative estimate of drug-likeness (QED) is 0.0551. The number of rotatable bonds is 17. The first-order valence-electron chi connectivity index (χ1n) is 28.2. The van der Waals surface area contributed by atoms with Crippen LogP contribution in [0.4, 0.5) is 40.7 Å². The number of hydrogen-bond donors (Lipinski definition) is 6. The number of esters is 1. The lowest BCUT2D eigenvalue weighted by Crippen LogP contribution is -2.49. The summed E-state index contributed by atoms with van der Waals surface area (Å²) in [6, 6.07) is 18.0. The molecule has 2 aromatic carbocycles. The highest BCUT2D eigenvalue weighted by molar-refractivity contribution is 9.10. The van der Waals surface area contributed by atoms with Crippen LogP contribution in [0.15, 0.2) is 94.5 Å². The third-order valence-electron chi connectivity index (χ3n) is 14.0. The van der Waals surface area contributed by atoms with Crippen molar-refractivity contribution in [2.45, 2.75) is 20.8 Å². The molecule has 3 aliphatic rings. The number of nitrogens with one attached hydrogen (secondary N) is 1. The Morgan fingerprint density at radius 3 is 1.40 bits per heavy atom. The molecule has 0 atom stereocenters. The molecule has 1 amide bonds. The zero-order valence-corrected chi connectivity index (χ0v) is 54.3. The maximum Gasteiger partial charge on any atom is 0.360 e. The van der Waals surface area contributed by atoms with Crippen LogP contribution in [0.5, 0.6) is 0 Å². The molecule has 492 valence electrons. The van der Waals surface area contributed by atoms with Gasteiger partial charge in [0.2, 0.25) is 36.0 Å². The number of aromatic nitrogens is 10. The molecule has 0 unspecified atom stereocenters. The number of methoxy groups -OCH3 is 1. The first-order chi connectivity index (χ1) is 43.8. The number of carboxylic acid groups (broad SMARTS) is 1. The summed E-state index contributed by atoms with van der Waals surface area (Å²) in [4.78, 5) is 84.6. The van der Waals surface area contributed by atoms with Gasteiger partial charge in [0, 0.05) is 89.7 Å². The maximum atomic E-state index is 12.5. The highest BCUT2D eigenvalue weighted by Crippen LogP contribution is 2.28. The Kier molecular flexibility index (Phi) is 24.2. The molecule has 34 nitrogen and oxygen atoms in total. The normalized spacial score (nSPS) is 14.9. The largest absolute Gasteiger partial charge is 0.476 e. The van der Waals surface area contributed by atoms with E-state index < -0.39 is 47.9 Å². The summed E-state index contributed by atoms with van der Waals surface area (Å²) in [5.74, 6) is -0.446. The van der Waals surface area contributed by atoms with E-state index in [2.05, 4.69) is 76.1 Å². The van der Waals surface area contributed by atoms with Gasteiger partial charge in [-0.15, -0.1) is 10.2 Å². The van der Waals surface area contributed by atoms with E-state index in [0.29, 0.717) is 118 Å². The Hall–Kier alpha value is -9.21. The fourth-order valence-electron chi connectivity index (χ4n) is 8.85. The standard InChI is InChI=1S/C19H24N6O4S.C18H21N7O3S.C11H17N5O4S.C6H6BrN3O2/c1-2-30(28,29)25-10-8-24(9-11-25)16-13-21-18(20)17(23-16)19(27)22-12-15(26)14-6-4-3-5-7-14;1-2-29(26,27)25-10-8-24(9-11-25)14-12-20-16(19)15(21-14)18-23-22-17(28-18)13-6-4-3-5-7-13;1-2-21(19,20)16-5-3-15(4-6-16)8-7-13-10(12)9(14-8)11(17)18;1-12-6(11)4-5(8)9-2-3(7)10-4/h3-7,13H,2,8-12H2,1H3,(H2,20,21)(H,22,27);3-7,12H,2,8-11H2,1H3,(H2,19,20);7H,2-6H2,1H3,(H2,12,13)(H,17,18);2H,1H3,(H2,8,9). The second kappa shape index (κ2) is 31.7. The number of benzene rings is 2. The van der Waals surface area contributed by atoms with Crippen molar-refractivity contribution < 1.29 is 58.7 Å². The number of carbonyl (C=O) groups excluding carboxylic acids is 3. The van der Waals surface area contributed by atoms with E-state index in [1.165, 1.54) is 38.6 Å². The summed E-state index contributed by atoms with van der Waals surface area (Å²) in [5, 5.41) is 19.6. The predicted octanol–water partition coefficient (Wildman–Crippen LogP) is 1.23. The molecular formula is C54H68BrN21O13S3. The number of anilines is 7. The molecule has 3 saturated heterocycles. The van der Waals surface area contributed by atoms with Crippen LogP contribution >= 0.6 is 15.9 Å². The Morgan fingerprint density at radius 2 is 0.946 bits per heavy atom. The molecule has 10 rings (SSSR count). The minimum Gasteiger partial charge on any atom is -0.476 e. The van der Waals surface area contributed by atoms with Gasteiger partial charge in [-0.2, -0.15) is 12.9 Å². The molecule has 0 aliphatic carbocycles. The molecule has 5 aromatic heterocycles. The van der Waals surface area contributed by atoms with Crippen LogP contribution in [0.2, 0.25) is 0 Å². The third kappa shape index (κ3) is 18.3. The number of sulfonamides is 3. The number of hydrogen-bond acceptors (Lipinski definition) is 29. The van der Waals surface area contributed by atoms with Gasteiger partial charge in [-0.1, -0.05) is 48.5 Å². The first-order valence-corrected chi connectivity index (χ1v) is 33.8. The second-order valence-corrected chi connectivity index (χ2v) is 27.3. The van der Waals surface area contributed by atoms with Gasteiger partial charge in [0.05, 0.1) is 55.7 Å². The highest BCUT2D eigenvalue weighted by atomic mass is 79.9. The average molecular weight is 1400 g/mol. The lowest BCUT2D eigenvalue weighted by atomic mass is 10.1.